The van der Waals surface area contributed by atoms with Crippen molar-refractivity contribution in [1.29, 1.82) is 0 Å². The zero-order chi connectivity index (χ0) is 19.9. The minimum atomic E-state index is -3.60. The average Bonchev–Trinajstić information content (AvgIpc) is 3.06. The van der Waals surface area contributed by atoms with Crippen LogP contribution in [0.25, 0.3) is 0 Å². The van der Waals surface area contributed by atoms with Crippen LogP contribution in [-0.4, -0.2) is 39.8 Å². The van der Waals surface area contributed by atoms with Crippen LogP contribution in [0.3, 0.4) is 0 Å². The van der Waals surface area contributed by atoms with Gasteiger partial charge >= 0.3 is 0 Å². The van der Waals surface area contributed by atoms with Crippen molar-refractivity contribution >= 4 is 21.6 Å². The Morgan fingerprint density at radius 1 is 1.27 bits per heavy atom. The third-order valence-corrected chi connectivity index (χ3v) is 6.72. The number of rotatable bonds is 6. The zero-order valence-electron chi connectivity index (χ0n) is 16.5. The Labute approximate surface area is 156 Å². The summed E-state index contributed by atoms with van der Waals surface area (Å²) in [7, 11) is 0.821. The summed E-state index contributed by atoms with van der Waals surface area (Å²) < 4.78 is 31.1. The number of hydrogen-bond acceptors (Lipinski definition) is 4. The van der Waals surface area contributed by atoms with Gasteiger partial charge in [-0.1, -0.05) is 25.5 Å². The Morgan fingerprint density at radius 3 is 2.38 bits per heavy atom. The van der Waals surface area contributed by atoms with Crippen LogP contribution in [0.15, 0.2) is 34.7 Å². The van der Waals surface area contributed by atoms with E-state index in [9.17, 15) is 13.2 Å². The highest BCUT2D eigenvalue weighted by molar-refractivity contribution is 7.89. The molecule has 6 nitrogen and oxygen atoms in total. The molecule has 1 N–H and O–H groups in total. The second kappa shape index (κ2) is 7.04. The molecule has 1 saturated carbocycles. The summed E-state index contributed by atoms with van der Waals surface area (Å²) in [5.41, 5.74) is 1.41. The number of amides is 1. The van der Waals surface area contributed by atoms with Crippen LogP contribution in [0, 0.1) is 17.3 Å². The molecule has 1 aliphatic carbocycles. The zero-order valence-corrected chi connectivity index (χ0v) is 17.3. The lowest BCUT2D eigenvalue weighted by Crippen LogP contribution is -2.23. The van der Waals surface area contributed by atoms with Gasteiger partial charge in [0.2, 0.25) is 15.9 Å². The van der Waals surface area contributed by atoms with E-state index in [0.29, 0.717) is 11.4 Å². The fraction of sp³-hybridized carbons (Fsp3) is 0.526. The number of benzene rings is 1. The summed E-state index contributed by atoms with van der Waals surface area (Å²) in [6.07, 6.45) is 2.12. The Bertz CT molecular complexity index is 837. The normalized spacial score (nSPS) is 21.2. The molecule has 1 fully saturated rings. The number of carbonyl (C=O) groups excluding carboxylic acids is 1. The highest BCUT2D eigenvalue weighted by atomic mass is 32.2. The molecule has 0 heterocycles. The van der Waals surface area contributed by atoms with Crippen molar-refractivity contribution in [2.45, 2.75) is 32.6 Å². The molecule has 1 aromatic carbocycles. The molecule has 0 unspecified atom stereocenters. The van der Waals surface area contributed by atoms with Gasteiger partial charge in [0, 0.05) is 14.1 Å². The predicted octanol–water partition coefficient (Wildman–Crippen LogP) is 3.12. The van der Waals surface area contributed by atoms with Crippen molar-refractivity contribution in [2.75, 3.05) is 26.5 Å². The van der Waals surface area contributed by atoms with Crippen molar-refractivity contribution in [2.24, 2.45) is 17.3 Å². The first-order chi connectivity index (χ1) is 11.9. The SMILES string of the molecule is COc1ccc(S(=O)(=O)N(C)C)cc1NC(=O)[C@H]1[C@@H](C=C(C)C)C1(C)C. The topological polar surface area (TPSA) is 75.7 Å². The van der Waals surface area contributed by atoms with Gasteiger partial charge in [-0.25, -0.2) is 12.7 Å². The molecule has 0 radical (unpaired) electrons. The van der Waals surface area contributed by atoms with Gasteiger partial charge in [-0.05, 0) is 43.4 Å². The smallest absolute Gasteiger partial charge is 0.242 e. The fourth-order valence-electron chi connectivity index (χ4n) is 3.22. The highest BCUT2D eigenvalue weighted by Crippen LogP contribution is 2.59. The van der Waals surface area contributed by atoms with Crippen LogP contribution in [0.1, 0.15) is 27.7 Å². The van der Waals surface area contributed by atoms with Gasteiger partial charge in [0.1, 0.15) is 5.75 Å². The molecule has 2 rings (SSSR count). The van der Waals surface area contributed by atoms with Crippen molar-refractivity contribution < 1.29 is 17.9 Å². The standard InChI is InChI=1S/C19H28N2O4S/c1-12(2)10-14-17(19(14,3)4)18(22)20-15-11-13(8-9-16(15)25-7)26(23,24)21(5)6/h8-11,14,17H,1-7H3,(H,20,22)/t14-,17-/m1/s1. The van der Waals surface area contributed by atoms with Gasteiger partial charge in [0.05, 0.1) is 23.6 Å². The van der Waals surface area contributed by atoms with Gasteiger partial charge in [-0.3, -0.25) is 4.79 Å². The first-order valence-electron chi connectivity index (χ1n) is 8.49. The number of nitrogens with zero attached hydrogens (tertiary/aromatic N) is 1. The lowest BCUT2D eigenvalue weighted by Gasteiger charge is -2.15. The first-order valence-corrected chi connectivity index (χ1v) is 9.93. The molecule has 0 aliphatic heterocycles. The second-order valence-corrected chi connectivity index (χ2v) is 9.86. The second-order valence-electron chi connectivity index (χ2n) is 7.71. The predicted molar refractivity (Wildman–Crippen MR) is 103 cm³/mol. The summed E-state index contributed by atoms with van der Waals surface area (Å²) in [5, 5.41) is 2.86. The molecule has 1 aliphatic rings. The van der Waals surface area contributed by atoms with Gasteiger partial charge in [0.15, 0.2) is 0 Å². The minimum Gasteiger partial charge on any atom is -0.495 e. The summed E-state index contributed by atoms with van der Waals surface area (Å²) in [4.78, 5) is 12.9. The molecule has 0 bridgehead atoms. The van der Waals surface area contributed by atoms with Gasteiger partial charge in [0.25, 0.3) is 0 Å². The fourth-order valence-corrected chi connectivity index (χ4v) is 4.14. The van der Waals surface area contributed by atoms with E-state index in [1.807, 2.05) is 13.8 Å². The highest BCUT2D eigenvalue weighted by Gasteiger charge is 2.60. The van der Waals surface area contributed by atoms with Crippen LogP contribution in [0.2, 0.25) is 0 Å². The molecule has 2 atom stereocenters. The van der Waals surface area contributed by atoms with E-state index in [-0.39, 0.29) is 28.1 Å². The first kappa shape index (κ1) is 20.5. The lowest BCUT2D eigenvalue weighted by atomic mass is 10.1. The molecule has 0 spiro atoms. The minimum absolute atomic E-state index is 0.106. The van der Waals surface area contributed by atoms with E-state index in [4.69, 9.17) is 4.74 Å². The number of sulfonamides is 1. The average molecular weight is 381 g/mol. The van der Waals surface area contributed by atoms with Crippen LogP contribution in [-0.2, 0) is 14.8 Å². The van der Waals surface area contributed by atoms with E-state index >= 15 is 0 Å². The van der Waals surface area contributed by atoms with Crippen molar-refractivity contribution in [3.8, 4) is 5.75 Å². The number of allylic oxidation sites excluding steroid dienone is 2. The summed E-state index contributed by atoms with van der Waals surface area (Å²) in [6.45, 7) is 8.15. The number of ether oxygens (including phenoxy) is 1. The maximum absolute atomic E-state index is 12.8. The monoisotopic (exact) mass is 380 g/mol. The largest absolute Gasteiger partial charge is 0.495 e. The summed E-state index contributed by atoms with van der Waals surface area (Å²) in [5.74, 6) is 0.312. The van der Waals surface area contributed by atoms with Crippen LogP contribution >= 0.6 is 0 Å². The Morgan fingerprint density at radius 2 is 1.88 bits per heavy atom. The van der Waals surface area contributed by atoms with Gasteiger partial charge in [-0.15, -0.1) is 0 Å². The molecule has 26 heavy (non-hydrogen) atoms. The number of anilines is 1. The maximum Gasteiger partial charge on any atom is 0.242 e. The number of methoxy groups -OCH3 is 1. The van der Waals surface area contributed by atoms with Crippen molar-refractivity contribution in [1.82, 2.24) is 4.31 Å². The van der Waals surface area contributed by atoms with Crippen LogP contribution in [0.5, 0.6) is 5.75 Å². The van der Waals surface area contributed by atoms with Crippen molar-refractivity contribution in [3.05, 3.63) is 29.8 Å². The lowest BCUT2D eigenvalue weighted by molar-refractivity contribution is -0.118. The molecule has 1 aromatic rings. The molecule has 7 heteroatoms. The van der Waals surface area contributed by atoms with E-state index in [1.165, 1.54) is 38.9 Å². The van der Waals surface area contributed by atoms with E-state index in [2.05, 4.69) is 25.2 Å². The third kappa shape index (κ3) is 3.78. The van der Waals surface area contributed by atoms with Crippen LogP contribution in [0.4, 0.5) is 5.69 Å². The molecule has 1 amide bonds. The molecule has 0 aromatic heterocycles. The van der Waals surface area contributed by atoms with Crippen molar-refractivity contribution in [3.63, 3.8) is 0 Å². The molecular formula is C19H28N2O4S. The number of nitrogens with one attached hydrogen (secondary N) is 1. The van der Waals surface area contributed by atoms with Gasteiger partial charge < -0.3 is 10.1 Å². The third-order valence-electron chi connectivity index (χ3n) is 4.91. The quantitative estimate of drug-likeness (QED) is 0.770. The van der Waals surface area contributed by atoms with Gasteiger partial charge in [-0.2, -0.15) is 0 Å². The summed E-state index contributed by atoms with van der Waals surface area (Å²) in [6, 6.07) is 4.46. The number of hydrogen-bond donors (Lipinski definition) is 1. The molecule has 0 saturated heterocycles. The van der Waals surface area contributed by atoms with E-state index < -0.39 is 10.0 Å². The maximum atomic E-state index is 12.8. The summed E-state index contributed by atoms with van der Waals surface area (Å²) >= 11 is 0. The number of carbonyl (C=O) groups is 1. The van der Waals surface area contributed by atoms with E-state index in [0.717, 1.165) is 4.31 Å². The Balaban J connectivity index is 2.32. The Kier molecular flexibility index (Phi) is 5.54. The Hall–Kier alpha value is -1.86. The van der Waals surface area contributed by atoms with E-state index in [1.54, 1.807) is 6.07 Å². The molecular weight excluding hydrogens is 352 g/mol. The van der Waals surface area contributed by atoms with Crippen LogP contribution < -0.4 is 10.1 Å². The molecule has 144 valence electrons.